The van der Waals surface area contributed by atoms with E-state index in [0.29, 0.717) is 0 Å². The lowest BCUT2D eigenvalue weighted by molar-refractivity contribution is -0.119. The van der Waals surface area contributed by atoms with Crippen LogP contribution >= 0.6 is 23.1 Å². The van der Waals surface area contributed by atoms with E-state index in [1.807, 2.05) is 13.8 Å². The van der Waals surface area contributed by atoms with Crippen LogP contribution in [0.3, 0.4) is 0 Å². The van der Waals surface area contributed by atoms with E-state index in [4.69, 9.17) is 0 Å². The van der Waals surface area contributed by atoms with Crippen molar-refractivity contribution in [1.29, 1.82) is 0 Å². The first kappa shape index (κ1) is 17.2. The van der Waals surface area contributed by atoms with Gasteiger partial charge in [0.1, 0.15) is 16.2 Å². The van der Waals surface area contributed by atoms with Crippen molar-refractivity contribution in [2.75, 3.05) is 0 Å². The van der Waals surface area contributed by atoms with Crippen LogP contribution in [0.5, 0.6) is 0 Å². The Hall–Kier alpha value is -1.67. The van der Waals surface area contributed by atoms with Crippen molar-refractivity contribution < 1.29 is 9.59 Å². The van der Waals surface area contributed by atoms with Crippen LogP contribution < -0.4 is 10.6 Å². The number of amides is 3. The first-order valence-electron chi connectivity index (χ1n) is 7.99. The topological polar surface area (TPSA) is 84.0 Å². The zero-order valence-corrected chi connectivity index (χ0v) is 15.5. The molecule has 0 fully saturated rings. The predicted molar refractivity (Wildman–Crippen MR) is 96.6 cm³/mol. The van der Waals surface area contributed by atoms with Crippen LogP contribution in [0.15, 0.2) is 11.4 Å². The van der Waals surface area contributed by atoms with Gasteiger partial charge in [-0.25, -0.2) is 14.8 Å². The molecule has 2 aromatic heterocycles. The fraction of sp³-hybridized carbons (Fsp3) is 0.500. The third kappa shape index (κ3) is 3.54. The standard InChI is InChI=1S/C16H20N4O2S2/c1-8(2)19-16(22)20-13(21)9(3)23-14-12-10-5-4-6-11(10)24-15(12)18-7-17-14/h7-9H,4-6H2,1-3H3,(H2,19,20,21,22)/t9-/m1/s1. The monoisotopic (exact) mass is 364 g/mol. The third-order valence-corrected chi connectivity index (χ3v) is 6.08. The van der Waals surface area contributed by atoms with Gasteiger partial charge in [-0.1, -0.05) is 11.8 Å². The molecule has 6 nitrogen and oxygen atoms in total. The Kier molecular flexibility index (Phi) is 5.05. The van der Waals surface area contributed by atoms with E-state index in [1.165, 1.54) is 28.6 Å². The van der Waals surface area contributed by atoms with Crippen molar-refractivity contribution in [3.63, 3.8) is 0 Å². The van der Waals surface area contributed by atoms with Gasteiger partial charge in [0.2, 0.25) is 5.91 Å². The molecule has 0 aromatic carbocycles. The molecule has 0 spiro atoms. The number of thiophene rings is 1. The Labute approximate surface area is 148 Å². The number of urea groups is 1. The van der Waals surface area contributed by atoms with Gasteiger partial charge in [0.05, 0.1) is 5.25 Å². The van der Waals surface area contributed by atoms with Gasteiger partial charge in [-0.15, -0.1) is 11.3 Å². The maximum atomic E-state index is 12.2. The maximum absolute atomic E-state index is 12.2. The van der Waals surface area contributed by atoms with Gasteiger partial charge >= 0.3 is 6.03 Å². The largest absolute Gasteiger partial charge is 0.336 e. The Morgan fingerprint density at radius 1 is 1.25 bits per heavy atom. The van der Waals surface area contributed by atoms with Crippen LogP contribution in [0.2, 0.25) is 0 Å². The zero-order chi connectivity index (χ0) is 17.3. The molecule has 3 rings (SSSR count). The Bertz CT molecular complexity index is 788. The summed E-state index contributed by atoms with van der Waals surface area (Å²) in [5.74, 6) is -0.322. The van der Waals surface area contributed by atoms with Crippen LogP contribution in [-0.2, 0) is 17.6 Å². The van der Waals surface area contributed by atoms with Gasteiger partial charge in [-0.05, 0) is 45.6 Å². The van der Waals surface area contributed by atoms with Crippen molar-refractivity contribution in [3.8, 4) is 0 Å². The smallest absolute Gasteiger partial charge is 0.321 e. The predicted octanol–water partition coefficient (Wildman–Crippen LogP) is 2.89. The quantitative estimate of drug-likeness (QED) is 0.644. The number of rotatable bonds is 4. The first-order chi connectivity index (χ1) is 11.5. The Morgan fingerprint density at radius 2 is 2.04 bits per heavy atom. The summed E-state index contributed by atoms with van der Waals surface area (Å²) < 4.78 is 0. The molecular weight excluding hydrogens is 344 g/mol. The molecule has 2 aromatic rings. The number of hydrogen-bond donors (Lipinski definition) is 2. The number of imide groups is 1. The Morgan fingerprint density at radius 3 is 2.79 bits per heavy atom. The lowest BCUT2D eigenvalue weighted by atomic mass is 10.2. The second-order valence-electron chi connectivity index (χ2n) is 6.09. The Balaban J connectivity index is 1.75. The molecule has 2 heterocycles. The highest BCUT2D eigenvalue weighted by atomic mass is 32.2. The molecule has 0 aliphatic heterocycles. The highest BCUT2D eigenvalue weighted by Crippen LogP contribution is 2.40. The minimum absolute atomic E-state index is 0.0179. The number of aromatic nitrogens is 2. The molecule has 0 saturated heterocycles. The summed E-state index contributed by atoms with van der Waals surface area (Å²) in [7, 11) is 0. The van der Waals surface area contributed by atoms with Gasteiger partial charge < -0.3 is 5.32 Å². The van der Waals surface area contributed by atoms with E-state index in [2.05, 4.69) is 20.6 Å². The zero-order valence-electron chi connectivity index (χ0n) is 13.9. The maximum Gasteiger partial charge on any atom is 0.321 e. The average Bonchev–Trinajstić information content (AvgIpc) is 3.06. The van der Waals surface area contributed by atoms with E-state index < -0.39 is 11.3 Å². The lowest BCUT2D eigenvalue weighted by Gasteiger charge is -2.13. The summed E-state index contributed by atoms with van der Waals surface area (Å²) in [4.78, 5) is 35.0. The fourth-order valence-corrected chi connectivity index (χ4v) is 4.96. The number of aryl methyl sites for hydroxylation is 2. The summed E-state index contributed by atoms with van der Waals surface area (Å²) in [5, 5.41) is 6.52. The van der Waals surface area contributed by atoms with Gasteiger partial charge in [-0.2, -0.15) is 0 Å². The molecular formula is C16H20N4O2S2. The van der Waals surface area contributed by atoms with Crippen molar-refractivity contribution >= 4 is 45.3 Å². The summed E-state index contributed by atoms with van der Waals surface area (Å²) in [5.41, 5.74) is 1.34. The van der Waals surface area contributed by atoms with E-state index in [-0.39, 0.29) is 11.9 Å². The van der Waals surface area contributed by atoms with Crippen LogP contribution in [0.25, 0.3) is 10.2 Å². The number of nitrogens with zero attached hydrogens (tertiary/aromatic N) is 2. The molecule has 0 bridgehead atoms. The van der Waals surface area contributed by atoms with Crippen molar-refractivity contribution in [1.82, 2.24) is 20.6 Å². The number of carbonyl (C=O) groups is 2. The summed E-state index contributed by atoms with van der Waals surface area (Å²) in [6, 6.07) is -0.484. The van der Waals surface area contributed by atoms with Gasteiger partial charge in [0.15, 0.2) is 0 Å². The molecule has 24 heavy (non-hydrogen) atoms. The van der Waals surface area contributed by atoms with Crippen molar-refractivity contribution in [2.45, 2.75) is 56.4 Å². The molecule has 1 aliphatic carbocycles. The van der Waals surface area contributed by atoms with E-state index in [0.717, 1.165) is 28.1 Å². The van der Waals surface area contributed by atoms with Gasteiger partial charge in [0, 0.05) is 16.3 Å². The van der Waals surface area contributed by atoms with Gasteiger partial charge in [-0.3, -0.25) is 10.1 Å². The second-order valence-corrected chi connectivity index (χ2v) is 8.51. The number of hydrogen-bond acceptors (Lipinski definition) is 6. The minimum atomic E-state index is -0.466. The summed E-state index contributed by atoms with van der Waals surface area (Å²) >= 11 is 3.10. The van der Waals surface area contributed by atoms with Gasteiger partial charge in [0.25, 0.3) is 0 Å². The van der Waals surface area contributed by atoms with Crippen molar-refractivity contribution in [2.24, 2.45) is 0 Å². The van der Waals surface area contributed by atoms with Crippen LogP contribution in [0, 0.1) is 0 Å². The highest BCUT2D eigenvalue weighted by Gasteiger charge is 2.24. The normalized spacial score (nSPS) is 14.7. The van der Waals surface area contributed by atoms with E-state index in [9.17, 15) is 9.59 Å². The molecule has 1 aliphatic rings. The van der Waals surface area contributed by atoms with Crippen molar-refractivity contribution in [3.05, 3.63) is 16.8 Å². The first-order valence-corrected chi connectivity index (χ1v) is 9.68. The van der Waals surface area contributed by atoms with Crippen LogP contribution in [0.1, 0.15) is 37.6 Å². The van der Waals surface area contributed by atoms with E-state index in [1.54, 1.807) is 24.6 Å². The van der Waals surface area contributed by atoms with Crippen LogP contribution in [-0.4, -0.2) is 33.2 Å². The molecule has 1 atom stereocenters. The molecule has 0 saturated carbocycles. The highest BCUT2D eigenvalue weighted by molar-refractivity contribution is 8.00. The third-order valence-electron chi connectivity index (χ3n) is 3.78. The molecule has 8 heteroatoms. The lowest BCUT2D eigenvalue weighted by Crippen LogP contribution is -2.45. The number of nitrogens with one attached hydrogen (secondary N) is 2. The number of thioether (sulfide) groups is 1. The fourth-order valence-electron chi connectivity index (χ4n) is 2.72. The second kappa shape index (κ2) is 7.06. The number of fused-ring (bicyclic) bond motifs is 3. The molecule has 128 valence electrons. The minimum Gasteiger partial charge on any atom is -0.336 e. The number of carbonyl (C=O) groups excluding carboxylic acids is 2. The summed E-state index contributed by atoms with van der Waals surface area (Å²) in [6.07, 6.45) is 4.87. The average molecular weight is 364 g/mol. The molecule has 2 N–H and O–H groups in total. The van der Waals surface area contributed by atoms with E-state index >= 15 is 0 Å². The molecule has 0 unspecified atom stereocenters. The SMILES string of the molecule is CC(C)NC(=O)NC(=O)[C@@H](C)Sc1ncnc2sc3c(c12)CCC3. The molecule has 0 radical (unpaired) electrons. The summed E-state index contributed by atoms with van der Waals surface area (Å²) in [6.45, 7) is 5.47. The van der Waals surface area contributed by atoms with Crippen LogP contribution in [0.4, 0.5) is 4.79 Å². The molecule has 3 amide bonds.